The molecule has 0 N–H and O–H groups in total. The smallest absolute Gasteiger partial charge is 0.264 e. The molecule has 0 bridgehead atoms. The van der Waals surface area contributed by atoms with Crippen molar-refractivity contribution in [1.29, 1.82) is 0 Å². The summed E-state index contributed by atoms with van der Waals surface area (Å²) >= 11 is 1.43. The number of thiazole rings is 1. The van der Waals surface area contributed by atoms with E-state index in [1.165, 1.54) is 34.8 Å². The molecule has 0 saturated carbocycles. The Kier molecular flexibility index (Phi) is 8.65. The van der Waals surface area contributed by atoms with E-state index in [-0.39, 0.29) is 10.8 Å². The number of anilines is 2. The predicted octanol–water partition coefficient (Wildman–Crippen LogP) is 5.12. The Morgan fingerprint density at radius 1 is 0.921 bits per heavy atom. The lowest BCUT2D eigenvalue weighted by Crippen LogP contribution is -2.38. The number of hydrogen-bond acceptors (Lipinski definition) is 7. The molecule has 4 rings (SSSR count). The Morgan fingerprint density at radius 3 is 2.24 bits per heavy atom. The molecule has 0 aliphatic rings. The standard InChI is InChI=1S/C28H32N4O4S2/c1-5-31(6-2)19-20-32(28-29-26-24(36-4)13-10-14-25(26)37-28)27(33)21-15-17-23(18-16-21)38(34,35)30(3)22-11-8-7-9-12-22/h7-18H,5-6,19-20H2,1-4H3. The van der Waals surface area contributed by atoms with Gasteiger partial charge in [-0.05, 0) is 61.6 Å². The summed E-state index contributed by atoms with van der Waals surface area (Å²) in [6, 6.07) is 20.6. The van der Waals surface area contributed by atoms with Gasteiger partial charge in [0, 0.05) is 25.7 Å². The molecule has 8 nitrogen and oxygen atoms in total. The number of amides is 1. The van der Waals surface area contributed by atoms with Gasteiger partial charge >= 0.3 is 0 Å². The van der Waals surface area contributed by atoms with Crippen molar-refractivity contribution in [3.63, 3.8) is 0 Å². The summed E-state index contributed by atoms with van der Waals surface area (Å²) in [6.07, 6.45) is 0. The average molecular weight is 553 g/mol. The number of rotatable bonds is 11. The van der Waals surface area contributed by atoms with Gasteiger partial charge in [-0.3, -0.25) is 14.0 Å². The molecule has 200 valence electrons. The molecule has 3 aromatic carbocycles. The number of methoxy groups -OCH3 is 1. The summed E-state index contributed by atoms with van der Waals surface area (Å²) in [5.74, 6) is 0.411. The molecule has 0 fully saturated rings. The summed E-state index contributed by atoms with van der Waals surface area (Å²) in [5, 5.41) is 0.571. The molecular weight excluding hydrogens is 520 g/mol. The molecule has 0 unspecified atom stereocenters. The van der Waals surface area contributed by atoms with Crippen molar-refractivity contribution >= 4 is 48.3 Å². The molecule has 0 aliphatic heterocycles. The molecular formula is C28H32N4O4S2. The van der Waals surface area contributed by atoms with Gasteiger partial charge in [0.25, 0.3) is 15.9 Å². The summed E-state index contributed by atoms with van der Waals surface area (Å²) in [7, 11) is -0.670. The average Bonchev–Trinajstić information content (AvgIpc) is 3.39. The first-order chi connectivity index (χ1) is 18.3. The minimum atomic E-state index is -3.78. The number of likely N-dealkylation sites (N-methyl/N-ethyl adjacent to an activating group) is 1. The van der Waals surface area contributed by atoms with Crippen molar-refractivity contribution < 1.29 is 17.9 Å². The Morgan fingerprint density at radius 2 is 1.61 bits per heavy atom. The third kappa shape index (κ3) is 5.67. The molecule has 0 radical (unpaired) electrons. The number of nitrogens with zero attached hydrogens (tertiary/aromatic N) is 4. The van der Waals surface area contributed by atoms with Crippen LogP contribution in [0.5, 0.6) is 5.75 Å². The van der Waals surface area contributed by atoms with Crippen LogP contribution in [-0.2, 0) is 10.0 Å². The van der Waals surface area contributed by atoms with Crippen LogP contribution < -0.4 is 13.9 Å². The van der Waals surface area contributed by atoms with Crippen molar-refractivity contribution in [1.82, 2.24) is 9.88 Å². The second kappa shape index (κ2) is 11.9. The minimum absolute atomic E-state index is 0.111. The second-order valence-corrected chi connectivity index (χ2v) is 11.6. The van der Waals surface area contributed by atoms with Crippen molar-refractivity contribution in [2.75, 3.05) is 49.5 Å². The number of carbonyl (C=O) groups excluding carboxylic acids is 1. The second-order valence-electron chi connectivity index (χ2n) is 8.62. The Balaban J connectivity index is 1.65. The highest BCUT2D eigenvalue weighted by Crippen LogP contribution is 2.34. The van der Waals surface area contributed by atoms with Crippen molar-refractivity contribution in [2.45, 2.75) is 18.7 Å². The lowest BCUT2D eigenvalue weighted by atomic mass is 10.2. The van der Waals surface area contributed by atoms with Gasteiger partial charge in [0.1, 0.15) is 11.3 Å². The van der Waals surface area contributed by atoms with E-state index in [0.717, 1.165) is 17.8 Å². The molecule has 1 heterocycles. The zero-order chi connectivity index (χ0) is 27.3. The number of aromatic nitrogens is 1. The number of sulfonamides is 1. The first-order valence-corrected chi connectivity index (χ1v) is 14.7. The van der Waals surface area contributed by atoms with E-state index in [9.17, 15) is 13.2 Å². The van der Waals surface area contributed by atoms with Gasteiger partial charge in [0.15, 0.2) is 5.13 Å². The fourth-order valence-corrected chi connectivity index (χ4v) is 6.32. The fourth-order valence-electron chi connectivity index (χ4n) is 4.12. The van der Waals surface area contributed by atoms with Crippen LogP contribution in [0.1, 0.15) is 24.2 Å². The first-order valence-electron chi connectivity index (χ1n) is 12.4. The fraction of sp³-hybridized carbons (Fsp3) is 0.286. The molecule has 1 amide bonds. The Hall–Kier alpha value is -3.47. The molecule has 0 atom stereocenters. The maximum absolute atomic E-state index is 13.8. The summed E-state index contributed by atoms with van der Waals surface area (Å²) in [5.41, 5.74) is 1.65. The quantitative estimate of drug-likeness (QED) is 0.257. The van der Waals surface area contributed by atoms with Crippen LogP contribution >= 0.6 is 11.3 Å². The van der Waals surface area contributed by atoms with E-state index in [1.807, 2.05) is 24.3 Å². The van der Waals surface area contributed by atoms with E-state index >= 15 is 0 Å². The summed E-state index contributed by atoms with van der Waals surface area (Å²) < 4.78 is 34.0. The van der Waals surface area contributed by atoms with Crippen LogP contribution in [0.3, 0.4) is 0 Å². The van der Waals surface area contributed by atoms with Crippen LogP contribution in [-0.4, -0.2) is 64.5 Å². The van der Waals surface area contributed by atoms with Gasteiger partial charge < -0.3 is 9.64 Å². The normalized spacial score (nSPS) is 11.6. The highest BCUT2D eigenvalue weighted by Gasteiger charge is 2.25. The van der Waals surface area contributed by atoms with Crippen LogP contribution in [0.4, 0.5) is 10.8 Å². The Labute approximate surface area is 228 Å². The number of fused-ring (bicyclic) bond motifs is 1. The monoisotopic (exact) mass is 552 g/mol. The first kappa shape index (κ1) is 27.6. The third-order valence-corrected chi connectivity index (χ3v) is 9.32. The Bertz CT molecular complexity index is 1480. The highest BCUT2D eigenvalue weighted by atomic mass is 32.2. The molecule has 0 saturated heterocycles. The SMILES string of the molecule is CCN(CC)CCN(C(=O)c1ccc(S(=O)(=O)N(C)c2ccccc2)cc1)c1nc2c(OC)cccc2s1. The predicted molar refractivity (Wildman–Crippen MR) is 154 cm³/mol. The number of carbonyl (C=O) groups is 1. The van der Waals surface area contributed by atoms with Crippen LogP contribution in [0.15, 0.2) is 77.7 Å². The molecule has 1 aromatic heterocycles. The van der Waals surface area contributed by atoms with Gasteiger partial charge in [-0.1, -0.05) is 49.4 Å². The topological polar surface area (TPSA) is 83.1 Å². The van der Waals surface area contributed by atoms with E-state index < -0.39 is 10.0 Å². The number of ether oxygens (including phenoxy) is 1. The zero-order valence-corrected chi connectivity index (χ0v) is 23.6. The van der Waals surface area contributed by atoms with E-state index in [4.69, 9.17) is 9.72 Å². The lowest BCUT2D eigenvalue weighted by Gasteiger charge is -2.25. The molecule has 0 spiro atoms. The van der Waals surface area contributed by atoms with Gasteiger partial charge in [-0.25, -0.2) is 13.4 Å². The molecule has 0 aliphatic carbocycles. The number of hydrogen-bond donors (Lipinski definition) is 0. The summed E-state index contributed by atoms with van der Waals surface area (Å²) in [4.78, 5) is 22.5. The third-order valence-electron chi connectivity index (χ3n) is 6.48. The van der Waals surface area contributed by atoms with Crippen LogP contribution in [0, 0.1) is 0 Å². The number of benzene rings is 3. The van der Waals surface area contributed by atoms with Crippen molar-refractivity contribution in [2.24, 2.45) is 0 Å². The van der Waals surface area contributed by atoms with Crippen molar-refractivity contribution in [3.05, 3.63) is 78.4 Å². The van der Waals surface area contributed by atoms with Crippen molar-refractivity contribution in [3.8, 4) is 5.75 Å². The van der Waals surface area contributed by atoms with Gasteiger partial charge in [0.2, 0.25) is 0 Å². The molecule has 38 heavy (non-hydrogen) atoms. The highest BCUT2D eigenvalue weighted by molar-refractivity contribution is 7.92. The minimum Gasteiger partial charge on any atom is -0.494 e. The largest absolute Gasteiger partial charge is 0.494 e. The number of para-hydroxylation sites is 2. The van der Waals surface area contributed by atoms with E-state index in [1.54, 1.807) is 48.4 Å². The molecule has 4 aromatic rings. The maximum Gasteiger partial charge on any atom is 0.264 e. The zero-order valence-electron chi connectivity index (χ0n) is 22.0. The maximum atomic E-state index is 13.8. The van der Waals surface area contributed by atoms with Gasteiger partial charge in [-0.2, -0.15) is 0 Å². The molecule has 10 heteroatoms. The summed E-state index contributed by atoms with van der Waals surface area (Å²) in [6.45, 7) is 7.04. The van der Waals surface area contributed by atoms with Crippen LogP contribution in [0.25, 0.3) is 10.2 Å². The van der Waals surface area contributed by atoms with Gasteiger partial charge in [-0.15, -0.1) is 0 Å². The van der Waals surface area contributed by atoms with Crippen LogP contribution in [0.2, 0.25) is 0 Å². The van der Waals surface area contributed by atoms with Gasteiger partial charge in [0.05, 0.1) is 22.4 Å². The lowest BCUT2D eigenvalue weighted by molar-refractivity contribution is 0.0983. The van der Waals surface area contributed by atoms with E-state index in [0.29, 0.717) is 40.7 Å². The van der Waals surface area contributed by atoms with E-state index in [2.05, 4.69) is 18.7 Å².